The number of nitrogens with one attached hydrogen (secondary N) is 2. The molecule has 0 saturated heterocycles. The van der Waals surface area contributed by atoms with Crippen molar-refractivity contribution in [3.05, 3.63) is 70.1 Å². The molecule has 0 aliphatic carbocycles. The summed E-state index contributed by atoms with van der Waals surface area (Å²) in [6.07, 6.45) is 0. The van der Waals surface area contributed by atoms with E-state index >= 15 is 0 Å². The number of carbonyl (C=O) groups excluding carboxylic acids is 2. The zero-order valence-electron chi connectivity index (χ0n) is 16.6. The van der Waals surface area contributed by atoms with Gasteiger partial charge < -0.3 is 4.74 Å². The molecule has 3 aromatic rings. The molecule has 0 bridgehead atoms. The molecular formula is C21H19ClN2O5S2. The predicted octanol–water partition coefficient (Wildman–Crippen LogP) is 5.06. The van der Waals surface area contributed by atoms with Gasteiger partial charge in [-0.3, -0.25) is 5.32 Å². The first-order chi connectivity index (χ1) is 14.7. The van der Waals surface area contributed by atoms with Crippen LogP contribution in [-0.2, 0) is 14.8 Å². The van der Waals surface area contributed by atoms with Gasteiger partial charge in [0.2, 0.25) is 0 Å². The van der Waals surface area contributed by atoms with Crippen LogP contribution in [0, 0.1) is 6.92 Å². The number of hydrogen-bond acceptors (Lipinski definition) is 6. The second-order valence-electron chi connectivity index (χ2n) is 6.45. The van der Waals surface area contributed by atoms with E-state index < -0.39 is 22.0 Å². The Balaban J connectivity index is 1.88. The molecule has 1 aromatic heterocycles. The number of rotatable bonds is 6. The number of benzene rings is 2. The zero-order valence-corrected chi connectivity index (χ0v) is 19.0. The molecule has 0 atom stereocenters. The Morgan fingerprint density at radius 1 is 1.06 bits per heavy atom. The Bertz CT molecular complexity index is 1200. The summed E-state index contributed by atoms with van der Waals surface area (Å²) in [7, 11) is -4.08. The lowest BCUT2D eigenvalue weighted by Gasteiger charge is -2.10. The van der Waals surface area contributed by atoms with Crippen LogP contribution >= 0.6 is 22.9 Å². The van der Waals surface area contributed by atoms with E-state index in [1.807, 2.05) is 11.6 Å². The number of sulfonamides is 1. The number of esters is 1. The fourth-order valence-electron chi connectivity index (χ4n) is 2.72. The third-order valence-corrected chi connectivity index (χ3v) is 6.71. The molecule has 162 valence electrons. The van der Waals surface area contributed by atoms with E-state index in [4.69, 9.17) is 16.3 Å². The summed E-state index contributed by atoms with van der Waals surface area (Å²) in [5.41, 5.74) is 2.26. The summed E-state index contributed by atoms with van der Waals surface area (Å²) < 4.78 is 32.0. The zero-order chi connectivity index (χ0) is 22.6. The number of halogens is 1. The number of anilines is 1. The summed E-state index contributed by atoms with van der Waals surface area (Å²) in [4.78, 5) is 25.0. The molecule has 0 aliphatic rings. The van der Waals surface area contributed by atoms with E-state index in [0.717, 1.165) is 16.9 Å². The largest absolute Gasteiger partial charge is 0.462 e. The molecule has 0 fully saturated rings. The van der Waals surface area contributed by atoms with Gasteiger partial charge in [-0.25, -0.2) is 22.7 Å². The fraction of sp³-hybridized carbons (Fsp3) is 0.143. The minimum Gasteiger partial charge on any atom is -0.462 e. The van der Waals surface area contributed by atoms with Crippen LogP contribution in [-0.4, -0.2) is 27.0 Å². The van der Waals surface area contributed by atoms with Gasteiger partial charge in [0.05, 0.1) is 11.5 Å². The molecular weight excluding hydrogens is 460 g/mol. The SMILES string of the molecule is CCOC(=O)c1c(-c2ccc(Cl)cc2)csc1NC(=O)NS(=O)(=O)c1ccc(C)cc1. The first-order valence-corrected chi connectivity index (χ1v) is 11.9. The van der Waals surface area contributed by atoms with E-state index in [0.29, 0.717) is 16.1 Å². The number of ether oxygens (including phenoxy) is 1. The lowest BCUT2D eigenvalue weighted by molar-refractivity contribution is 0.0529. The second kappa shape index (κ2) is 9.51. The van der Waals surface area contributed by atoms with E-state index in [2.05, 4.69) is 5.32 Å². The number of hydrogen-bond donors (Lipinski definition) is 2. The average Bonchev–Trinajstić information content (AvgIpc) is 3.12. The van der Waals surface area contributed by atoms with E-state index in [1.54, 1.807) is 48.7 Å². The summed E-state index contributed by atoms with van der Waals surface area (Å²) in [6.45, 7) is 3.63. The Hall–Kier alpha value is -2.88. The molecule has 0 radical (unpaired) electrons. The topological polar surface area (TPSA) is 102 Å². The summed E-state index contributed by atoms with van der Waals surface area (Å²) >= 11 is 7.02. The summed E-state index contributed by atoms with van der Waals surface area (Å²) in [6, 6.07) is 11.9. The fourth-order valence-corrected chi connectivity index (χ4v) is 4.71. The molecule has 2 N–H and O–H groups in total. The molecule has 2 aromatic carbocycles. The number of aryl methyl sites for hydroxylation is 1. The van der Waals surface area contributed by atoms with Crippen LogP contribution in [0.1, 0.15) is 22.8 Å². The molecule has 0 unspecified atom stereocenters. The smallest absolute Gasteiger partial charge is 0.341 e. The third-order valence-electron chi connectivity index (χ3n) is 4.21. The van der Waals surface area contributed by atoms with Gasteiger partial charge in [0.15, 0.2) is 0 Å². The first-order valence-electron chi connectivity index (χ1n) is 9.16. The van der Waals surface area contributed by atoms with Crippen LogP contribution in [0.25, 0.3) is 11.1 Å². The predicted molar refractivity (Wildman–Crippen MR) is 121 cm³/mol. The minimum absolute atomic E-state index is 0.0492. The van der Waals surface area contributed by atoms with Gasteiger partial charge in [0.1, 0.15) is 10.6 Å². The molecule has 3 rings (SSSR count). The number of amides is 2. The lowest BCUT2D eigenvalue weighted by Crippen LogP contribution is -2.34. The number of urea groups is 1. The highest BCUT2D eigenvalue weighted by atomic mass is 35.5. The number of thiophene rings is 1. The maximum absolute atomic E-state index is 12.6. The van der Waals surface area contributed by atoms with Crippen LogP contribution in [0.15, 0.2) is 58.8 Å². The normalized spacial score (nSPS) is 11.1. The van der Waals surface area contributed by atoms with E-state index in [1.165, 1.54) is 12.1 Å². The molecule has 0 spiro atoms. The Kier molecular flexibility index (Phi) is 6.99. The minimum atomic E-state index is -4.08. The van der Waals surface area contributed by atoms with Gasteiger partial charge in [0.25, 0.3) is 10.0 Å². The average molecular weight is 479 g/mol. The number of carbonyl (C=O) groups is 2. The van der Waals surface area contributed by atoms with Crippen LogP contribution in [0.5, 0.6) is 0 Å². The van der Waals surface area contributed by atoms with Crippen LogP contribution < -0.4 is 10.0 Å². The van der Waals surface area contributed by atoms with Crippen LogP contribution in [0.2, 0.25) is 5.02 Å². The molecule has 1 heterocycles. The van der Waals surface area contributed by atoms with Crippen molar-refractivity contribution in [2.75, 3.05) is 11.9 Å². The Morgan fingerprint density at radius 3 is 2.32 bits per heavy atom. The van der Waals surface area contributed by atoms with Gasteiger partial charge in [-0.15, -0.1) is 11.3 Å². The van der Waals surface area contributed by atoms with Crippen molar-refractivity contribution in [1.82, 2.24) is 4.72 Å². The molecule has 0 aliphatic heterocycles. The van der Waals surface area contributed by atoms with Crippen molar-refractivity contribution in [2.24, 2.45) is 0 Å². The standard InChI is InChI=1S/C21H19ClN2O5S2/c1-3-29-20(25)18-17(14-6-8-15(22)9-7-14)12-30-19(18)23-21(26)24-31(27,28)16-10-4-13(2)5-11-16/h4-12H,3H2,1-2H3,(H2,23,24,26). The maximum atomic E-state index is 12.6. The van der Waals surface area contributed by atoms with Crippen molar-refractivity contribution in [3.63, 3.8) is 0 Å². The van der Waals surface area contributed by atoms with Gasteiger partial charge >= 0.3 is 12.0 Å². The van der Waals surface area contributed by atoms with Gasteiger partial charge in [-0.2, -0.15) is 0 Å². The van der Waals surface area contributed by atoms with Crippen LogP contribution in [0.3, 0.4) is 0 Å². The lowest BCUT2D eigenvalue weighted by atomic mass is 10.0. The van der Waals surface area contributed by atoms with E-state index in [9.17, 15) is 18.0 Å². The van der Waals surface area contributed by atoms with Crippen molar-refractivity contribution in [3.8, 4) is 11.1 Å². The molecule has 10 heteroatoms. The van der Waals surface area contributed by atoms with Gasteiger partial charge in [-0.05, 0) is 43.7 Å². The molecule has 0 saturated carbocycles. The van der Waals surface area contributed by atoms with E-state index in [-0.39, 0.29) is 22.1 Å². The Morgan fingerprint density at radius 2 is 1.71 bits per heavy atom. The van der Waals surface area contributed by atoms with Crippen LogP contribution in [0.4, 0.5) is 9.80 Å². The van der Waals surface area contributed by atoms with Crippen molar-refractivity contribution in [2.45, 2.75) is 18.7 Å². The monoisotopic (exact) mass is 478 g/mol. The van der Waals surface area contributed by atoms with Gasteiger partial charge in [-0.1, -0.05) is 41.4 Å². The molecule has 31 heavy (non-hydrogen) atoms. The van der Waals surface area contributed by atoms with Crippen molar-refractivity contribution >= 4 is 50.0 Å². The Labute approximate surface area is 189 Å². The maximum Gasteiger partial charge on any atom is 0.341 e. The highest BCUT2D eigenvalue weighted by molar-refractivity contribution is 7.90. The highest BCUT2D eigenvalue weighted by Crippen LogP contribution is 2.36. The van der Waals surface area contributed by atoms with Crippen molar-refractivity contribution < 1.29 is 22.7 Å². The quantitative estimate of drug-likeness (QED) is 0.482. The summed E-state index contributed by atoms with van der Waals surface area (Å²) in [5.74, 6) is -0.634. The first kappa shape index (κ1) is 22.8. The highest BCUT2D eigenvalue weighted by Gasteiger charge is 2.24. The van der Waals surface area contributed by atoms with Gasteiger partial charge in [0, 0.05) is 16.0 Å². The second-order valence-corrected chi connectivity index (χ2v) is 9.45. The molecule has 7 nitrogen and oxygen atoms in total. The van der Waals surface area contributed by atoms with Crippen molar-refractivity contribution in [1.29, 1.82) is 0 Å². The third kappa shape index (κ3) is 5.43. The molecule has 2 amide bonds. The summed E-state index contributed by atoms with van der Waals surface area (Å²) in [5, 5.41) is 4.84.